The summed E-state index contributed by atoms with van der Waals surface area (Å²) in [4.78, 5) is 5.01. The van der Waals surface area contributed by atoms with Crippen LogP contribution in [-0.2, 0) is 0 Å². The lowest BCUT2D eigenvalue weighted by atomic mass is 9.89. The summed E-state index contributed by atoms with van der Waals surface area (Å²) in [5.74, 6) is 0. The third kappa shape index (κ3) is 3.70. The molecule has 0 N–H and O–H groups in total. The zero-order valence-corrected chi connectivity index (χ0v) is 27.7. The van der Waals surface area contributed by atoms with Crippen molar-refractivity contribution in [1.82, 2.24) is 8.75 Å². The van der Waals surface area contributed by atoms with Crippen LogP contribution in [0.4, 0.5) is 0 Å². The molecule has 0 spiro atoms. The smallest absolute Gasteiger partial charge is 0.114 e. The van der Waals surface area contributed by atoms with Gasteiger partial charge >= 0.3 is 0 Å². The van der Waals surface area contributed by atoms with Crippen LogP contribution in [-0.4, -0.2) is 8.75 Å². The summed E-state index contributed by atoms with van der Waals surface area (Å²) >= 11 is 12.3. The van der Waals surface area contributed by atoms with E-state index < -0.39 is 0 Å². The van der Waals surface area contributed by atoms with Gasteiger partial charge in [-0.3, -0.25) is 0 Å². The van der Waals surface area contributed by atoms with Crippen LogP contribution in [0.25, 0.3) is 93.1 Å². The van der Waals surface area contributed by atoms with Crippen LogP contribution >= 0.6 is 79.7 Å². The molecule has 3 aromatic carbocycles. The molecule has 0 atom stereocenters. The Hall–Kier alpha value is -3.28. The van der Waals surface area contributed by atoms with E-state index in [9.17, 15) is 0 Å². The molecular weight excluding hydrogens is 661 g/mol. The molecule has 0 aliphatic rings. The summed E-state index contributed by atoms with van der Waals surface area (Å²) in [6, 6.07) is 27.3. The number of thiophene rings is 6. The summed E-state index contributed by atoms with van der Waals surface area (Å²) < 4.78 is 15.3. The summed E-state index contributed by atoms with van der Waals surface area (Å²) in [6.45, 7) is 0. The number of hydrogen-bond donors (Lipinski definition) is 0. The fraction of sp³-hybridized carbons (Fsp3) is 0. The van der Waals surface area contributed by atoms with Crippen molar-refractivity contribution in [2.24, 2.45) is 0 Å². The van der Waals surface area contributed by atoms with E-state index in [1.54, 1.807) is 22.7 Å². The Morgan fingerprint density at radius 2 is 0.884 bits per heavy atom. The minimum atomic E-state index is 0.995. The Labute approximate surface area is 273 Å². The molecule has 0 unspecified atom stereocenters. The highest BCUT2D eigenvalue weighted by Crippen LogP contribution is 2.55. The lowest BCUT2D eigenvalue weighted by Gasteiger charge is -2.17. The van der Waals surface area contributed by atoms with Crippen LogP contribution in [0.2, 0.25) is 0 Å². The topological polar surface area (TPSA) is 25.8 Å². The Kier molecular flexibility index (Phi) is 5.61. The van der Waals surface area contributed by atoms with Gasteiger partial charge in [0.25, 0.3) is 0 Å². The minimum absolute atomic E-state index is 0.995. The van der Waals surface area contributed by atoms with E-state index in [4.69, 9.17) is 8.75 Å². The van der Waals surface area contributed by atoms with Crippen LogP contribution in [0, 0.1) is 0 Å². The number of rotatable bonds is 4. The zero-order valence-electron chi connectivity index (χ0n) is 22.0. The van der Waals surface area contributed by atoms with Crippen LogP contribution in [0.15, 0.2) is 94.3 Å². The van der Waals surface area contributed by atoms with E-state index in [1.165, 1.54) is 93.8 Å². The molecule has 43 heavy (non-hydrogen) atoms. The average Bonchev–Trinajstić information content (AvgIpc) is 3.86. The van der Waals surface area contributed by atoms with Crippen molar-refractivity contribution >= 4 is 131 Å². The predicted molar refractivity (Wildman–Crippen MR) is 196 cm³/mol. The Bertz CT molecular complexity index is 2440. The molecule has 7 aromatic heterocycles. The molecule has 0 saturated carbocycles. The second-order valence-electron chi connectivity index (χ2n) is 10.3. The van der Waals surface area contributed by atoms with Crippen molar-refractivity contribution in [2.45, 2.75) is 0 Å². The summed E-state index contributed by atoms with van der Waals surface area (Å²) in [6.07, 6.45) is 0. The fourth-order valence-electron chi connectivity index (χ4n) is 6.19. The molecule has 10 aromatic rings. The van der Waals surface area contributed by atoms with E-state index in [2.05, 4.69) is 94.3 Å². The molecule has 0 aliphatic heterocycles. The highest BCUT2D eigenvalue weighted by molar-refractivity contribution is 7.24. The van der Waals surface area contributed by atoms with Crippen molar-refractivity contribution < 1.29 is 0 Å². The molecule has 10 rings (SSSR count). The molecule has 0 saturated heterocycles. The molecule has 0 amide bonds. The number of nitrogens with zero attached hydrogens (tertiary/aromatic N) is 2. The number of benzene rings is 3. The lowest BCUT2D eigenvalue weighted by Crippen LogP contribution is -1.93. The largest absolute Gasteiger partial charge is 0.172 e. The first-order valence-corrected chi connectivity index (χ1v) is 19.4. The van der Waals surface area contributed by atoms with Crippen LogP contribution in [0.3, 0.4) is 0 Å². The highest BCUT2D eigenvalue weighted by atomic mass is 32.1. The van der Waals surface area contributed by atoms with E-state index in [0.717, 1.165) is 11.0 Å². The van der Waals surface area contributed by atoms with Gasteiger partial charge < -0.3 is 0 Å². The molecule has 0 bridgehead atoms. The Balaban J connectivity index is 1.42. The van der Waals surface area contributed by atoms with Crippen molar-refractivity contribution in [3.05, 3.63) is 94.3 Å². The molecular formula is C34H16N2S7. The monoisotopic (exact) mass is 676 g/mol. The van der Waals surface area contributed by atoms with Gasteiger partial charge in [0, 0.05) is 82.1 Å². The number of fused-ring (bicyclic) bond motifs is 7. The lowest BCUT2D eigenvalue weighted by molar-refractivity contribution is 1.63. The third-order valence-corrected chi connectivity index (χ3v) is 14.3. The van der Waals surface area contributed by atoms with Gasteiger partial charge in [0.1, 0.15) is 11.0 Å². The maximum Gasteiger partial charge on any atom is 0.114 e. The van der Waals surface area contributed by atoms with E-state index >= 15 is 0 Å². The second kappa shape index (κ2) is 9.61. The molecule has 204 valence electrons. The zero-order chi connectivity index (χ0) is 28.1. The summed E-state index contributed by atoms with van der Waals surface area (Å²) in [5, 5.41) is 14.1. The number of aromatic nitrogens is 2. The Morgan fingerprint density at radius 1 is 0.395 bits per heavy atom. The first kappa shape index (κ1) is 25.1. The second-order valence-corrected chi connectivity index (χ2v) is 16.7. The first-order valence-electron chi connectivity index (χ1n) is 13.5. The van der Waals surface area contributed by atoms with Gasteiger partial charge in [0.15, 0.2) is 0 Å². The highest BCUT2D eigenvalue weighted by Gasteiger charge is 2.29. The van der Waals surface area contributed by atoms with Crippen LogP contribution in [0.5, 0.6) is 0 Å². The van der Waals surface area contributed by atoms with Gasteiger partial charge in [-0.1, -0.05) is 12.1 Å². The van der Waals surface area contributed by atoms with Gasteiger partial charge in [-0.2, -0.15) is 8.75 Å². The van der Waals surface area contributed by atoms with Gasteiger partial charge in [-0.15, -0.1) is 68.0 Å². The van der Waals surface area contributed by atoms with Crippen LogP contribution in [0.1, 0.15) is 0 Å². The first-order chi connectivity index (χ1) is 21.3. The third-order valence-electron chi connectivity index (χ3n) is 8.00. The van der Waals surface area contributed by atoms with E-state index in [1.807, 2.05) is 45.3 Å². The number of hydrogen-bond acceptors (Lipinski definition) is 9. The van der Waals surface area contributed by atoms with Crippen molar-refractivity contribution in [1.29, 1.82) is 0 Å². The SMILES string of the molecule is c1csc(-c2c(-c3cc4c(ccc5sccc54)s3)c(-c3cc4c(ccc5sccc54)s3)c(-c3cccs3)c3nsnc23)c1. The van der Waals surface area contributed by atoms with Gasteiger partial charge in [-0.05, 0) is 82.2 Å². The molecule has 0 fully saturated rings. The van der Waals surface area contributed by atoms with Gasteiger partial charge in [0.05, 0.1) is 11.7 Å². The summed E-state index contributed by atoms with van der Waals surface area (Å²) in [7, 11) is 0. The minimum Gasteiger partial charge on any atom is -0.172 e. The van der Waals surface area contributed by atoms with Gasteiger partial charge in [-0.25, -0.2) is 0 Å². The molecule has 9 heteroatoms. The standard InChI is InChI=1S/C34H16N2S7/c1-3-25(37-11-1)31-29(27-15-19-17-9-13-39-21(17)5-7-23(19)41-27)30(32(26-4-2-12-38-26)34-33(31)35-43-36-34)28-16-20-18-10-14-40-22(18)6-8-24(20)42-28/h1-16H. The van der Waals surface area contributed by atoms with E-state index in [-0.39, 0.29) is 0 Å². The maximum absolute atomic E-state index is 4.99. The average molecular weight is 677 g/mol. The van der Waals surface area contributed by atoms with Crippen molar-refractivity contribution in [3.8, 4) is 41.8 Å². The quantitative estimate of drug-likeness (QED) is 0.185. The molecule has 0 aliphatic carbocycles. The van der Waals surface area contributed by atoms with Crippen molar-refractivity contribution in [3.63, 3.8) is 0 Å². The normalized spacial score (nSPS) is 12.2. The van der Waals surface area contributed by atoms with Crippen LogP contribution < -0.4 is 0 Å². The molecule has 7 heterocycles. The molecule has 0 radical (unpaired) electrons. The molecule has 2 nitrogen and oxygen atoms in total. The summed E-state index contributed by atoms with van der Waals surface area (Å²) in [5.41, 5.74) is 6.91. The fourth-order valence-corrected chi connectivity index (χ4v) is 12.2. The van der Waals surface area contributed by atoms with Crippen molar-refractivity contribution in [2.75, 3.05) is 0 Å². The Morgan fingerprint density at radius 3 is 1.35 bits per heavy atom. The maximum atomic E-state index is 4.99. The van der Waals surface area contributed by atoms with E-state index in [0.29, 0.717) is 0 Å². The predicted octanol–water partition coefficient (Wildman–Crippen LogP) is 13.3. The van der Waals surface area contributed by atoms with Gasteiger partial charge in [0.2, 0.25) is 0 Å².